The van der Waals surface area contributed by atoms with Crippen molar-refractivity contribution in [3.05, 3.63) is 63.7 Å². The van der Waals surface area contributed by atoms with E-state index in [9.17, 15) is 23.3 Å². The third-order valence-corrected chi connectivity index (χ3v) is 4.44. The largest absolute Gasteiger partial charge is 0.365 e. The smallest absolute Gasteiger partial charge is 0.284 e. The molecule has 2 rings (SSSR count). The van der Waals surface area contributed by atoms with Gasteiger partial charge in [-0.05, 0) is 25.1 Å². The quantitative estimate of drug-likeness (QED) is 0.635. The summed E-state index contributed by atoms with van der Waals surface area (Å²) in [6.07, 6.45) is 0. The van der Waals surface area contributed by atoms with Crippen LogP contribution in [-0.4, -0.2) is 19.2 Å². The van der Waals surface area contributed by atoms with Gasteiger partial charge in [0.05, 0.1) is 15.5 Å². The number of carbonyl (C=O) groups excluding carboxylic acids is 1. The molecule has 0 aliphatic carbocycles. The standard InChI is InChI=1S/C14H13N3O5S/c1-9-5-7-10(8-6-9)23(21,22)16-11-3-2-4-12(17(19)20)13(11)14(15)18/h2-8,16H,1H3,(H2,15,18). The Balaban J connectivity index is 2.51. The third kappa shape index (κ3) is 3.46. The summed E-state index contributed by atoms with van der Waals surface area (Å²) in [5.41, 5.74) is 4.72. The van der Waals surface area contributed by atoms with E-state index in [1.54, 1.807) is 19.1 Å². The third-order valence-electron chi connectivity index (χ3n) is 3.06. The molecule has 0 heterocycles. The van der Waals surface area contributed by atoms with Gasteiger partial charge in [0.15, 0.2) is 0 Å². The second kappa shape index (κ2) is 6.05. The molecule has 3 N–H and O–H groups in total. The fraction of sp³-hybridized carbons (Fsp3) is 0.0714. The molecular weight excluding hydrogens is 322 g/mol. The number of hydrogen-bond acceptors (Lipinski definition) is 5. The van der Waals surface area contributed by atoms with Gasteiger partial charge in [-0.2, -0.15) is 0 Å². The Kier molecular flexibility index (Phi) is 4.32. The highest BCUT2D eigenvalue weighted by Gasteiger charge is 2.25. The molecule has 2 aromatic rings. The van der Waals surface area contributed by atoms with Crippen molar-refractivity contribution in [3.63, 3.8) is 0 Å². The van der Waals surface area contributed by atoms with Gasteiger partial charge in [-0.3, -0.25) is 19.6 Å². The Hall–Kier alpha value is -2.94. The van der Waals surface area contributed by atoms with E-state index in [4.69, 9.17) is 5.73 Å². The molecule has 0 saturated carbocycles. The first-order chi connectivity index (χ1) is 10.7. The fourth-order valence-electron chi connectivity index (χ4n) is 1.96. The van der Waals surface area contributed by atoms with Crippen LogP contribution in [0.2, 0.25) is 0 Å². The molecule has 0 spiro atoms. The van der Waals surface area contributed by atoms with Gasteiger partial charge in [0.25, 0.3) is 21.6 Å². The lowest BCUT2D eigenvalue weighted by Gasteiger charge is -2.11. The summed E-state index contributed by atoms with van der Waals surface area (Å²) >= 11 is 0. The van der Waals surface area contributed by atoms with E-state index in [1.165, 1.54) is 24.3 Å². The summed E-state index contributed by atoms with van der Waals surface area (Å²) in [7, 11) is -4.01. The molecule has 0 bridgehead atoms. The number of anilines is 1. The highest BCUT2D eigenvalue weighted by molar-refractivity contribution is 7.92. The van der Waals surface area contributed by atoms with E-state index in [1.807, 2.05) is 0 Å². The molecular formula is C14H13N3O5S. The van der Waals surface area contributed by atoms with E-state index in [2.05, 4.69) is 4.72 Å². The second-order valence-corrected chi connectivity index (χ2v) is 6.42. The summed E-state index contributed by atoms with van der Waals surface area (Å²) in [5, 5.41) is 11.0. The van der Waals surface area contributed by atoms with E-state index in [0.717, 1.165) is 11.6 Å². The number of nitro benzene ring substituents is 1. The lowest BCUT2D eigenvalue weighted by molar-refractivity contribution is -0.385. The molecule has 0 aliphatic rings. The highest BCUT2D eigenvalue weighted by Crippen LogP contribution is 2.27. The van der Waals surface area contributed by atoms with E-state index in [0.29, 0.717) is 0 Å². The number of primary amides is 1. The lowest BCUT2D eigenvalue weighted by atomic mass is 10.1. The first-order valence-electron chi connectivity index (χ1n) is 6.39. The average molecular weight is 335 g/mol. The van der Waals surface area contributed by atoms with Crippen LogP contribution >= 0.6 is 0 Å². The van der Waals surface area contributed by atoms with Crippen molar-refractivity contribution < 1.29 is 18.1 Å². The minimum Gasteiger partial charge on any atom is -0.365 e. The zero-order chi connectivity index (χ0) is 17.2. The van der Waals surface area contributed by atoms with Gasteiger partial charge in [0.2, 0.25) is 0 Å². The molecule has 9 heteroatoms. The minimum absolute atomic E-state index is 0.0370. The van der Waals surface area contributed by atoms with Crippen molar-refractivity contribution in [2.75, 3.05) is 4.72 Å². The lowest BCUT2D eigenvalue weighted by Crippen LogP contribution is -2.20. The van der Waals surface area contributed by atoms with Crippen LogP contribution in [-0.2, 0) is 10.0 Å². The molecule has 23 heavy (non-hydrogen) atoms. The molecule has 0 saturated heterocycles. The predicted molar refractivity (Wildman–Crippen MR) is 83.6 cm³/mol. The number of benzene rings is 2. The SMILES string of the molecule is Cc1ccc(S(=O)(=O)Nc2cccc([N+](=O)[O-])c2C(N)=O)cc1. The number of hydrogen-bond donors (Lipinski definition) is 2. The van der Waals surface area contributed by atoms with Crippen molar-refractivity contribution in [2.24, 2.45) is 5.73 Å². The van der Waals surface area contributed by atoms with Crippen LogP contribution in [0.1, 0.15) is 15.9 Å². The summed E-state index contributed by atoms with van der Waals surface area (Å²) in [4.78, 5) is 21.6. The zero-order valence-electron chi connectivity index (χ0n) is 12.0. The monoisotopic (exact) mass is 335 g/mol. The molecule has 0 aromatic heterocycles. The maximum absolute atomic E-state index is 12.3. The molecule has 0 unspecified atom stereocenters. The van der Waals surface area contributed by atoms with Crippen LogP contribution in [0.4, 0.5) is 11.4 Å². The van der Waals surface area contributed by atoms with Crippen LogP contribution in [0, 0.1) is 17.0 Å². The first-order valence-corrected chi connectivity index (χ1v) is 7.87. The average Bonchev–Trinajstić information content (AvgIpc) is 2.46. The van der Waals surface area contributed by atoms with E-state index < -0.39 is 32.1 Å². The normalized spacial score (nSPS) is 11.0. The number of rotatable bonds is 5. The van der Waals surface area contributed by atoms with Crippen molar-refractivity contribution in [3.8, 4) is 0 Å². The Morgan fingerprint density at radius 2 is 1.78 bits per heavy atom. The second-order valence-electron chi connectivity index (χ2n) is 4.74. The van der Waals surface area contributed by atoms with E-state index >= 15 is 0 Å². The number of sulfonamides is 1. The maximum atomic E-state index is 12.3. The highest BCUT2D eigenvalue weighted by atomic mass is 32.2. The Bertz CT molecular complexity index is 876. The zero-order valence-corrected chi connectivity index (χ0v) is 12.8. The van der Waals surface area contributed by atoms with Crippen molar-refractivity contribution in [1.29, 1.82) is 0 Å². The van der Waals surface area contributed by atoms with Crippen LogP contribution in [0.25, 0.3) is 0 Å². The number of nitro groups is 1. The molecule has 8 nitrogen and oxygen atoms in total. The summed E-state index contributed by atoms with van der Waals surface area (Å²) < 4.78 is 26.8. The van der Waals surface area contributed by atoms with Gasteiger partial charge >= 0.3 is 0 Å². The van der Waals surface area contributed by atoms with Gasteiger partial charge in [0, 0.05) is 6.07 Å². The van der Waals surface area contributed by atoms with Gasteiger partial charge in [-0.15, -0.1) is 0 Å². The molecule has 0 fully saturated rings. The molecule has 0 radical (unpaired) electrons. The minimum atomic E-state index is -4.01. The molecule has 120 valence electrons. The Morgan fingerprint density at radius 1 is 1.17 bits per heavy atom. The van der Waals surface area contributed by atoms with Crippen LogP contribution in [0.3, 0.4) is 0 Å². The van der Waals surface area contributed by atoms with Crippen molar-refractivity contribution in [2.45, 2.75) is 11.8 Å². The number of aryl methyl sites for hydroxylation is 1. The van der Waals surface area contributed by atoms with Crippen molar-refractivity contribution >= 4 is 27.3 Å². The number of nitrogens with two attached hydrogens (primary N) is 1. The number of nitrogens with zero attached hydrogens (tertiary/aromatic N) is 1. The van der Waals surface area contributed by atoms with Gasteiger partial charge in [-0.25, -0.2) is 8.42 Å². The summed E-state index contributed by atoms with van der Waals surface area (Å²) in [6, 6.07) is 9.56. The number of nitrogens with one attached hydrogen (secondary N) is 1. The first kappa shape index (κ1) is 16.4. The van der Waals surface area contributed by atoms with Crippen LogP contribution < -0.4 is 10.5 Å². The number of carbonyl (C=O) groups is 1. The van der Waals surface area contributed by atoms with Gasteiger partial charge in [0.1, 0.15) is 5.56 Å². The number of amides is 1. The topological polar surface area (TPSA) is 132 Å². The Labute approximate surface area is 132 Å². The molecule has 1 amide bonds. The molecule has 0 atom stereocenters. The maximum Gasteiger partial charge on any atom is 0.284 e. The fourth-order valence-corrected chi connectivity index (χ4v) is 3.03. The summed E-state index contributed by atoms with van der Waals surface area (Å²) in [6.45, 7) is 1.80. The Morgan fingerprint density at radius 3 is 2.30 bits per heavy atom. The van der Waals surface area contributed by atoms with E-state index in [-0.39, 0.29) is 10.6 Å². The molecule has 0 aliphatic heterocycles. The van der Waals surface area contributed by atoms with Gasteiger partial charge in [-0.1, -0.05) is 23.8 Å². The van der Waals surface area contributed by atoms with Gasteiger partial charge < -0.3 is 5.73 Å². The molecule has 2 aromatic carbocycles. The summed E-state index contributed by atoms with van der Waals surface area (Å²) in [5.74, 6) is -1.10. The predicted octanol–water partition coefficient (Wildman–Crippen LogP) is 1.80. The van der Waals surface area contributed by atoms with Crippen LogP contribution in [0.5, 0.6) is 0 Å². The van der Waals surface area contributed by atoms with Crippen molar-refractivity contribution in [1.82, 2.24) is 0 Å². The van der Waals surface area contributed by atoms with Crippen LogP contribution in [0.15, 0.2) is 47.4 Å².